The predicted octanol–water partition coefficient (Wildman–Crippen LogP) is 8.51. The summed E-state index contributed by atoms with van der Waals surface area (Å²) in [5, 5.41) is 0. The second kappa shape index (κ2) is 12.8. The molecule has 4 aliphatic carbocycles. The Morgan fingerprint density at radius 3 is 1.89 bits per heavy atom. The molecule has 232 valence electrons. The molecule has 8 rings (SSSR count). The van der Waals surface area contributed by atoms with E-state index in [2.05, 4.69) is 67.6 Å². The summed E-state index contributed by atoms with van der Waals surface area (Å²) in [6, 6.07) is 35.0. The highest BCUT2D eigenvalue weighted by molar-refractivity contribution is 7.97. The fraction of sp³-hybridized carbons (Fsp3) is 0.359. The van der Waals surface area contributed by atoms with Crippen LogP contribution in [0.25, 0.3) is 0 Å². The molecule has 4 fully saturated rings. The molecule has 0 atom stereocenters. The van der Waals surface area contributed by atoms with Gasteiger partial charge in [-0.15, -0.1) is 0 Å². The summed E-state index contributed by atoms with van der Waals surface area (Å²) in [4.78, 5) is 16.5. The van der Waals surface area contributed by atoms with Crippen molar-refractivity contribution in [2.24, 2.45) is 23.7 Å². The van der Waals surface area contributed by atoms with Crippen molar-refractivity contribution in [3.63, 3.8) is 0 Å². The number of benzene rings is 4. The first kappa shape index (κ1) is 29.8. The molecule has 4 saturated carbocycles. The van der Waals surface area contributed by atoms with Crippen molar-refractivity contribution in [3.8, 4) is 17.2 Å². The highest BCUT2D eigenvalue weighted by atomic mass is 32.2. The zero-order valence-electron chi connectivity index (χ0n) is 26.0. The van der Waals surface area contributed by atoms with Crippen LogP contribution in [0.4, 0.5) is 0 Å². The first-order valence-electron chi connectivity index (χ1n) is 16.1. The van der Waals surface area contributed by atoms with Gasteiger partial charge in [-0.2, -0.15) is 0 Å². The van der Waals surface area contributed by atoms with Crippen molar-refractivity contribution < 1.29 is 23.7 Å². The molecule has 4 aromatic carbocycles. The van der Waals surface area contributed by atoms with Crippen molar-refractivity contribution in [2.45, 2.75) is 65.9 Å². The Bertz CT molecular complexity index is 1540. The molecule has 0 saturated heterocycles. The zero-order valence-corrected chi connectivity index (χ0v) is 26.8. The monoisotopic (exact) mass is 621 g/mol. The molecule has 0 N–H and O–H groups in total. The number of carbonyl (C=O) groups excluding carboxylic acids is 1. The Labute approximate surface area is 269 Å². The van der Waals surface area contributed by atoms with Gasteiger partial charge in [0.05, 0.1) is 18.0 Å². The summed E-state index contributed by atoms with van der Waals surface area (Å²) in [5.41, 5.74) is 0.652. The van der Waals surface area contributed by atoms with Crippen LogP contribution < -0.4 is 14.2 Å². The van der Waals surface area contributed by atoms with Gasteiger partial charge in [0.25, 0.3) is 0 Å². The highest BCUT2D eigenvalue weighted by Crippen LogP contribution is 2.59. The number of hydrogen-bond donors (Lipinski definition) is 0. The number of carbonyl (C=O) groups is 1. The largest absolute Gasteiger partial charge is 0.493 e. The molecule has 6 heteroatoms. The van der Waals surface area contributed by atoms with E-state index < -0.39 is 0 Å². The van der Waals surface area contributed by atoms with Gasteiger partial charge in [0.2, 0.25) is 0 Å². The summed E-state index contributed by atoms with van der Waals surface area (Å²) in [7, 11) is 1.37. The van der Waals surface area contributed by atoms with E-state index in [9.17, 15) is 4.79 Å². The number of esters is 1. The van der Waals surface area contributed by atoms with Gasteiger partial charge < -0.3 is 18.9 Å². The van der Waals surface area contributed by atoms with Crippen molar-refractivity contribution in [2.75, 3.05) is 13.7 Å². The lowest BCUT2D eigenvalue weighted by Crippen LogP contribution is -2.58. The van der Waals surface area contributed by atoms with Crippen LogP contribution in [0.3, 0.4) is 0 Å². The van der Waals surface area contributed by atoms with Gasteiger partial charge in [-0.1, -0.05) is 48.5 Å². The molecule has 0 unspecified atom stereocenters. The molecule has 4 bridgehead atoms. The Morgan fingerprint density at radius 1 is 0.711 bits per heavy atom. The molecule has 0 aromatic heterocycles. The predicted molar refractivity (Wildman–Crippen MR) is 176 cm³/mol. The second-order valence-corrected chi connectivity index (χ2v) is 15.0. The van der Waals surface area contributed by atoms with Crippen molar-refractivity contribution in [1.29, 1.82) is 0 Å². The van der Waals surface area contributed by atoms with E-state index in [0.717, 1.165) is 22.3 Å². The van der Waals surface area contributed by atoms with E-state index in [1.54, 1.807) is 7.11 Å². The van der Waals surface area contributed by atoms with Crippen molar-refractivity contribution >= 4 is 16.9 Å². The van der Waals surface area contributed by atoms with Gasteiger partial charge in [-0.25, -0.2) is 4.79 Å². The van der Waals surface area contributed by atoms with Gasteiger partial charge in [0.15, 0.2) is 32.8 Å². The minimum atomic E-state index is -0.337. The van der Waals surface area contributed by atoms with Gasteiger partial charge in [0, 0.05) is 6.07 Å². The number of hydrogen-bond acceptors (Lipinski definition) is 5. The molecule has 0 heterocycles. The molecule has 0 amide bonds. The standard InChI is InChI=1S/C39H41O5S/c1-39(30-20-28-19-29(22-30)23-31(39)21-28)44-38(40)26-42-32-15-13-27(14-16-32)25-43-37-24-35(17-18-36(37)41-2)45(33-9-5-3-6-10-33)34-11-7-4-8-12-34/h3-18,24,28-31H,19-23,25-26H2,1-2H3/q+1. The normalized spacial score (nSPS) is 24.8. The Balaban J connectivity index is 0.983. The number of rotatable bonds is 11. The third-order valence-electron chi connectivity index (χ3n) is 10.1. The van der Waals surface area contributed by atoms with Crippen LogP contribution in [0.5, 0.6) is 17.2 Å². The van der Waals surface area contributed by atoms with E-state index >= 15 is 0 Å². The van der Waals surface area contributed by atoms with Gasteiger partial charge >= 0.3 is 5.97 Å². The van der Waals surface area contributed by atoms with E-state index in [4.69, 9.17) is 18.9 Å². The van der Waals surface area contributed by atoms with Gasteiger partial charge in [-0.3, -0.25) is 0 Å². The van der Waals surface area contributed by atoms with Crippen molar-refractivity contribution in [1.82, 2.24) is 0 Å². The molecule has 0 spiro atoms. The van der Waals surface area contributed by atoms with Crippen LogP contribution in [0.2, 0.25) is 0 Å². The van der Waals surface area contributed by atoms with Crippen LogP contribution in [0.15, 0.2) is 118 Å². The lowest BCUT2D eigenvalue weighted by Gasteiger charge is -2.59. The summed E-state index contributed by atoms with van der Waals surface area (Å²) >= 11 is 0. The molecule has 45 heavy (non-hydrogen) atoms. The lowest BCUT2D eigenvalue weighted by atomic mass is 9.50. The van der Waals surface area contributed by atoms with E-state index in [-0.39, 0.29) is 29.1 Å². The topological polar surface area (TPSA) is 54.0 Å². The van der Waals surface area contributed by atoms with E-state index in [0.29, 0.717) is 35.7 Å². The molecule has 4 aliphatic rings. The molecule has 4 aromatic rings. The maximum Gasteiger partial charge on any atom is 0.344 e. The van der Waals surface area contributed by atoms with Crippen LogP contribution >= 0.6 is 0 Å². The van der Waals surface area contributed by atoms with Crippen LogP contribution in [0.1, 0.15) is 44.6 Å². The first-order valence-corrected chi connectivity index (χ1v) is 17.3. The Morgan fingerprint density at radius 2 is 1.31 bits per heavy atom. The Kier molecular flexibility index (Phi) is 8.50. The van der Waals surface area contributed by atoms with Crippen molar-refractivity contribution in [3.05, 3.63) is 109 Å². The fourth-order valence-electron chi connectivity index (χ4n) is 7.96. The summed E-state index contributed by atoms with van der Waals surface area (Å²) in [6.45, 7) is 2.46. The smallest absolute Gasteiger partial charge is 0.344 e. The number of ether oxygens (including phenoxy) is 4. The van der Waals surface area contributed by atoms with E-state index in [1.807, 2.05) is 42.5 Å². The molecular formula is C39H41O5S+. The molecule has 0 radical (unpaired) electrons. The third kappa shape index (κ3) is 6.30. The average molecular weight is 622 g/mol. The van der Waals surface area contributed by atoms with Crippen LogP contribution in [-0.4, -0.2) is 25.3 Å². The van der Waals surface area contributed by atoms with Crippen LogP contribution in [0, 0.1) is 23.7 Å². The third-order valence-corrected chi connectivity index (χ3v) is 12.3. The minimum Gasteiger partial charge on any atom is -0.493 e. The quantitative estimate of drug-likeness (QED) is 0.124. The van der Waals surface area contributed by atoms with Gasteiger partial charge in [0.1, 0.15) is 18.0 Å². The second-order valence-electron chi connectivity index (χ2n) is 12.9. The Hall–Kier alpha value is -3.90. The SMILES string of the molecule is COc1ccc([S+](c2ccccc2)c2ccccc2)cc1OCc1ccc(OCC(=O)OC2(C)C3CC4CC(C3)CC2C4)cc1. The lowest BCUT2D eigenvalue weighted by molar-refractivity contribution is -0.204. The van der Waals surface area contributed by atoms with Gasteiger partial charge in [-0.05, 0) is 117 Å². The summed E-state index contributed by atoms with van der Waals surface area (Å²) in [5.74, 6) is 4.43. The summed E-state index contributed by atoms with van der Waals surface area (Å²) in [6.07, 6.45) is 6.21. The first-order chi connectivity index (χ1) is 22.0. The van der Waals surface area contributed by atoms with E-state index in [1.165, 1.54) is 41.9 Å². The minimum absolute atomic E-state index is 0.0769. The maximum absolute atomic E-state index is 12.9. The summed E-state index contributed by atoms with van der Waals surface area (Å²) < 4.78 is 24.0. The zero-order chi connectivity index (χ0) is 30.8. The highest BCUT2D eigenvalue weighted by Gasteiger charge is 2.57. The molecular weight excluding hydrogens is 580 g/mol. The fourth-order valence-corrected chi connectivity index (χ4v) is 10.1. The molecule has 5 nitrogen and oxygen atoms in total. The van der Waals surface area contributed by atoms with Crippen LogP contribution in [-0.2, 0) is 27.0 Å². The average Bonchev–Trinajstić information content (AvgIpc) is 3.07. The number of methoxy groups -OCH3 is 1. The maximum atomic E-state index is 12.9. The molecule has 0 aliphatic heterocycles.